The number of nitrogens with one attached hydrogen (secondary N) is 2. The number of carbonyl (C=O) groups is 1. The molecule has 0 aromatic heterocycles. The smallest absolute Gasteiger partial charge is 0.261 e. The molecule has 0 aliphatic heterocycles. The van der Waals surface area contributed by atoms with Crippen molar-refractivity contribution in [1.82, 2.24) is 0 Å². The van der Waals surface area contributed by atoms with Crippen molar-refractivity contribution < 1.29 is 13.2 Å². The van der Waals surface area contributed by atoms with E-state index in [4.69, 9.17) is 11.6 Å². The molecule has 0 fully saturated rings. The van der Waals surface area contributed by atoms with Gasteiger partial charge in [-0.1, -0.05) is 29.3 Å². The number of hydrogen-bond donors (Lipinski definition) is 2. The molecule has 5 nitrogen and oxygen atoms in total. The molecule has 0 aliphatic carbocycles. The van der Waals surface area contributed by atoms with Crippen LogP contribution in [0.2, 0.25) is 5.02 Å². The number of carbonyl (C=O) groups excluding carboxylic acids is 1. The SMILES string of the molecule is Cc1ccc(C(=O)Nc2ccc(S(=O)(=O)Nc3cc(Cl)ccc3C)cc2)c(I)c1. The Morgan fingerprint density at radius 3 is 2.31 bits per heavy atom. The summed E-state index contributed by atoms with van der Waals surface area (Å²) in [7, 11) is -3.78. The van der Waals surface area contributed by atoms with Crippen LogP contribution in [-0.4, -0.2) is 14.3 Å². The van der Waals surface area contributed by atoms with Gasteiger partial charge in [0.2, 0.25) is 0 Å². The monoisotopic (exact) mass is 540 g/mol. The van der Waals surface area contributed by atoms with Crippen LogP contribution in [0.4, 0.5) is 11.4 Å². The Morgan fingerprint density at radius 2 is 1.66 bits per heavy atom. The lowest BCUT2D eigenvalue weighted by Gasteiger charge is -2.12. The largest absolute Gasteiger partial charge is 0.322 e. The molecule has 0 saturated heterocycles. The second kappa shape index (κ2) is 8.73. The van der Waals surface area contributed by atoms with Gasteiger partial charge in [0.25, 0.3) is 15.9 Å². The summed E-state index contributed by atoms with van der Waals surface area (Å²) in [4.78, 5) is 12.6. The first-order valence-corrected chi connectivity index (χ1v) is 11.6. The van der Waals surface area contributed by atoms with Crippen molar-refractivity contribution in [3.05, 3.63) is 85.9 Å². The molecular weight excluding hydrogens is 523 g/mol. The topological polar surface area (TPSA) is 75.3 Å². The number of hydrogen-bond acceptors (Lipinski definition) is 3. The van der Waals surface area contributed by atoms with E-state index in [0.717, 1.165) is 14.7 Å². The van der Waals surface area contributed by atoms with Gasteiger partial charge in [-0.3, -0.25) is 9.52 Å². The number of anilines is 2. The third kappa shape index (κ3) is 5.29. The van der Waals surface area contributed by atoms with Crippen molar-refractivity contribution in [3.8, 4) is 0 Å². The molecule has 0 heterocycles. The molecule has 0 saturated carbocycles. The van der Waals surface area contributed by atoms with Crippen molar-refractivity contribution in [1.29, 1.82) is 0 Å². The van der Waals surface area contributed by atoms with Crippen molar-refractivity contribution in [2.24, 2.45) is 0 Å². The summed E-state index contributed by atoms with van der Waals surface area (Å²) in [5.41, 5.74) is 3.32. The van der Waals surface area contributed by atoms with Crippen LogP contribution in [0.15, 0.2) is 65.6 Å². The van der Waals surface area contributed by atoms with Crippen molar-refractivity contribution in [3.63, 3.8) is 0 Å². The maximum Gasteiger partial charge on any atom is 0.261 e. The molecule has 0 bridgehead atoms. The van der Waals surface area contributed by atoms with Gasteiger partial charge < -0.3 is 5.32 Å². The Kier molecular flexibility index (Phi) is 6.50. The summed E-state index contributed by atoms with van der Waals surface area (Å²) >= 11 is 8.07. The van der Waals surface area contributed by atoms with Gasteiger partial charge in [0.05, 0.1) is 16.1 Å². The minimum atomic E-state index is -3.78. The van der Waals surface area contributed by atoms with Crippen LogP contribution in [-0.2, 0) is 10.0 Å². The molecule has 0 aliphatic rings. The summed E-state index contributed by atoms with van der Waals surface area (Å²) < 4.78 is 28.7. The number of sulfonamides is 1. The van der Waals surface area contributed by atoms with Crippen LogP contribution in [0, 0.1) is 17.4 Å². The summed E-state index contributed by atoms with van der Waals surface area (Å²) in [6.45, 7) is 3.75. The molecule has 1 amide bonds. The minimum absolute atomic E-state index is 0.0831. The van der Waals surface area contributed by atoms with E-state index < -0.39 is 10.0 Å². The number of halogens is 2. The first kappa shape index (κ1) is 21.6. The third-order valence-corrected chi connectivity index (χ3v) is 6.74. The average Bonchev–Trinajstić information content (AvgIpc) is 2.65. The average molecular weight is 541 g/mol. The highest BCUT2D eigenvalue weighted by Gasteiger charge is 2.16. The van der Waals surface area contributed by atoms with E-state index in [1.165, 1.54) is 12.1 Å². The lowest BCUT2D eigenvalue weighted by atomic mass is 10.1. The molecule has 3 aromatic carbocycles. The predicted octanol–water partition coefficient (Wildman–Crippen LogP) is 5.61. The van der Waals surface area contributed by atoms with Crippen LogP contribution in [0.3, 0.4) is 0 Å². The standard InChI is InChI=1S/C21H18ClIN2O3S/c1-13-3-10-18(19(23)11-13)21(26)24-16-6-8-17(9-7-16)29(27,28)25-20-12-15(22)5-4-14(20)2/h3-12,25H,1-2H3,(H,24,26). The van der Waals surface area contributed by atoms with Gasteiger partial charge in [0.1, 0.15) is 0 Å². The Labute approximate surface area is 188 Å². The van der Waals surface area contributed by atoms with E-state index in [1.807, 2.05) is 19.1 Å². The number of aryl methyl sites for hydroxylation is 2. The predicted molar refractivity (Wildman–Crippen MR) is 125 cm³/mol. The van der Waals surface area contributed by atoms with Crippen LogP contribution in [0.25, 0.3) is 0 Å². The van der Waals surface area contributed by atoms with Crippen LogP contribution >= 0.6 is 34.2 Å². The van der Waals surface area contributed by atoms with Crippen molar-refractivity contribution >= 4 is 61.5 Å². The van der Waals surface area contributed by atoms with E-state index in [2.05, 4.69) is 32.6 Å². The highest BCUT2D eigenvalue weighted by molar-refractivity contribution is 14.1. The lowest BCUT2D eigenvalue weighted by molar-refractivity contribution is 0.102. The van der Waals surface area contributed by atoms with E-state index >= 15 is 0 Å². The van der Waals surface area contributed by atoms with E-state index in [1.54, 1.807) is 43.3 Å². The Balaban J connectivity index is 1.77. The first-order valence-electron chi connectivity index (χ1n) is 8.62. The summed E-state index contributed by atoms with van der Waals surface area (Å²) in [6.07, 6.45) is 0. The minimum Gasteiger partial charge on any atom is -0.322 e. The third-order valence-electron chi connectivity index (χ3n) is 4.24. The van der Waals surface area contributed by atoms with Crippen molar-refractivity contribution in [2.75, 3.05) is 10.0 Å². The molecule has 3 aromatic rings. The molecule has 29 heavy (non-hydrogen) atoms. The normalized spacial score (nSPS) is 11.2. The Bertz CT molecular complexity index is 1180. The van der Waals surface area contributed by atoms with Gasteiger partial charge >= 0.3 is 0 Å². The van der Waals surface area contributed by atoms with Gasteiger partial charge in [-0.15, -0.1) is 0 Å². The molecule has 0 spiro atoms. The molecule has 0 atom stereocenters. The first-order chi connectivity index (χ1) is 13.7. The molecule has 8 heteroatoms. The van der Waals surface area contributed by atoms with E-state index in [0.29, 0.717) is 22.0 Å². The van der Waals surface area contributed by atoms with Gasteiger partial charge in [-0.25, -0.2) is 8.42 Å². The van der Waals surface area contributed by atoms with E-state index in [9.17, 15) is 13.2 Å². The second-order valence-corrected chi connectivity index (χ2v) is 9.81. The zero-order chi connectivity index (χ0) is 21.2. The maximum atomic E-state index is 12.7. The van der Waals surface area contributed by atoms with Gasteiger partial charge in [0, 0.05) is 14.3 Å². The number of amides is 1. The maximum absolute atomic E-state index is 12.7. The van der Waals surface area contributed by atoms with Crippen molar-refractivity contribution in [2.45, 2.75) is 18.7 Å². The fourth-order valence-corrected chi connectivity index (χ4v) is 4.84. The highest BCUT2D eigenvalue weighted by Crippen LogP contribution is 2.24. The molecular formula is C21H18ClIN2O3S. The van der Waals surface area contributed by atoms with Gasteiger partial charge in [-0.05, 0) is 90.5 Å². The van der Waals surface area contributed by atoms with Crippen LogP contribution in [0.1, 0.15) is 21.5 Å². The van der Waals surface area contributed by atoms with Gasteiger partial charge in [0.15, 0.2) is 0 Å². The number of rotatable bonds is 5. The molecule has 3 rings (SSSR count). The Morgan fingerprint density at radius 1 is 0.966 bits per heavy atom. The summed E-state index contributed by atoms with van der Waals surface area (Å²) in [6, 6.07) is 16.6. The zero-order valence-corrected chi connectivity index (χ0v) is 19.4. The summed E-state index contributed by atoms with van der Waals surface area (Å²) in [5, 5.41) is 3.23. The molecule has 2 N–H and O–H groups in total. The Hall–Kier alpha value is -2.10. The van der Waals surface area contributed by atoms with Gasteiger partial charge in [-0.2, -0.15) is 0 Å². The molecule has 0 unspecified atom stereocenters. The molecule has 0 radical (unpaired) electrons. The highest BCUT2D eigenvalue weighted by atomic mass is 127. The quantitative estimate of drug-likeness (QED) is 0.413. The lowest BCUT2D eigenvalue weighted by Crippen LogP contribution is -2.15. The van der Waals surface area contributed by atoms with Crippen LogP contribution in [0.5, 0.6) is 0 Å². The molecule has 150 valence electrons. The fourth-order valence-electron chi connectivity index (χ4n) is 2.63. The van der Waals surface area contributed by atoms with Crippen LogP contribution < -0.4 is 10.0 Å². The zero-order valence-electron chi connectivity index (χ0n) is 15.7. The van der Waals surface area contributed by atoms with E-state index in [-0.39, 0.29) is 10.8 Å². The number of benzene rings is 3. The fraction of sp³-hybridized carbons (Fsp3) is 0.0952. The summed E-state index contributed by atoms with van der Waals surface area (Å²) in [5.74, 6) is -0.252. The second-order valence-electron chi connectivity index (χ2n) is 6.53.